The molecule has 1 amide bonds. The summed E-state index contributed by atoms with van der Waals surface area (Å²) in [5, 5.41) is 4.90. The number of amides is 1. The van der Waals surface area contributed by atoms with Gasteiger partial charge in [0.05, 0.1) is 12.2 Å². The van der Waals surface area contributed by atoms with Crippen molar-refractivity contribution in [1.29, 1.82) is 0 Å². The molecule has 6 nitrogen and oxygen atoms in total. The lowest BCUT2D eigenvalue weighted by molar-refractivity contribution is -0.135. The number of aryl methyl sites for hydroxylation is 1. The molecule has 2 aromatic carbocycles. The van der Waals surface area contributed by atoms with Crippen LogP contribution in [0.2, 0.25) is 5.02 Å². The molecule has 2 atom stereocenters. The average molecular weight is 590 g/mol. The number of benzene rings is 2. The Kier molecular flexibility index (Phi) is 7.38. The Labute approximate surface area is 241 Å². The van der Waals surface area contributed by atoms with Crippen molar-refractivity contribution >= 4 is 28.9 Å². The first-order chi connectivity index (χ1) is 19.6. The minimum Gasteiger partial charge on any atom is -0.369 e. The molecule has 3 fully saturated rings. The second kappa shape index (κ2) is 10.9. The number of hydrogen-bond acceptors (Lipinski definition) is 4. The molecule has 0 N–H and O–H groups in total. The molecule has 2 aliphatic heterocycles. The van der Waals surface area contributed by atoms with Gasteiger partial charge in [0.15, 0.2) is 0 Å². The van der Waals surface area contributed by atoms with Gasteiger partial charge >= 0.3 is 0 Å². The molecule has 11 heteroatoms. The molecular formula is C30H32ClF4N5O. The van der Waals surface area contributed by atoms with Crippen molar-refractivity contribution in [1.82, 2.24) is 14.7 Å². The van der Waals surface area contributed by atoms with Crippen LogP contribution in [0, 0.1) is 12.8 Å². The van der Waals surface area contributed by atoms with Crippen LogP contribution in [0.4, 0.5) is 28.9 Å². The summed E-state index contributed by atoms with van der Waals surface area (Å²) in [6.07, 6.45) is 0.196. The van der Waals surface area contributed by atoms with Crippen molar-refractivity contribution in [2.24, 2.45) is 5.92 Å². The zero-order chi connectivity index (χ0) is 28.9. The lowest BCUT2D eigenvalue weighted by Gasteiger charge is -2.37. The molecule has 0 radical (unpaired) electrons. The predicted molar refractivity (Wildman–Crippen MR) is 151 cm³/mol. The standard InChI is InChI=1S/C30H32ClF4N5O/c1-19-17-36-40(27(19)28(32)33)23-3-2-10-39(18-23)26-15-21(31)6-9-24(26)20-4-7-22(8-5-20)37-11-13-38(14-12-37)29(41)25-16-30(25,34)35/h4-9,15,17,23,25,28H,2-3,10-14,16,18H2,1H3. The fourth-order valence-electron chi connectivity index (χ4n) is 6.14. The summed E-state index contributed by atoms with van der Waals surface area (Å²) in [6, 6.07) is 13.7. The second-order valence-corrected chi connectivity index (χ2v) is 11.7. The lowest BCUT2D eigenvalue weighted by Crippen LogP contribution is -2.49. The Hall–Kier alpha value is -3.27. The summed E-state index contributed by atoms with van der Waals surface area (Å²) in [4.78, 5) is 18.2. The van der Waals surface area contributed by atoms with Gasteiger partial charge in [0.1, 0.15) is 11.6 Å². The van der Waals surface area contributed by atoms with Gasteiger partial charge in [-0.3, -0.25) is 9.48 Å². The van der Waals surface area contributed by atoms with Crippen LogP contribution < -0.4 is 9.80 Å². The Morgan fingerprint density at radius 3 is 2.39 bits per heavy atom. The third-order valence-corrected chi connectivity index (χ3v) is 8.77. The van der Waals surface area contributed by atoms with Crippen molar-refractivity contribution in [3.63, 3.8) is 0 Å². The van der Waals surface area contributed by atoms with Crippen molar-refractivity contribution in [3.05, 3.63) is 64.9 Å². The number of nitrogens with zero attached hydrogens (tertiary/aromatic N) is 5. The van der Waals surface area contributed by atoms with E-state index in [-0.39, 0.29) is 18.2 Å². The van der Waals surface area contributed by atoms with Gasteiger partial charge in [0.2, 0.25) is 5.91 Å². The highest BCUT2D eigenvalue weighted by Gasteiger charge is 2.62. The van der Waals surface area contributed by atoms with Crippen LogP contribution in [-0.2, 0) is 4.79 Å². The number of anilines is 2. The minimum atomic E-state index is -2.84. The number of hydrogen-bond donors (Lipinski definition) is 0. The number of rotatable bonds is 6. The Bertz CT molecular complexity index is 1420. The summed E-state index contributed by atoms with van der Waals surface area (Å²) < 4.78 is 55.7. The van der Waals surface area contributed by atoms with Gasteiger partial charge in [0, 0.05) is 67.7 Å². The SMILES string of the molecule is Cc1cnn(C2CCCN(c3cc(Cl)ccc3-c3ccc(N4CCN(C(=O)C5CC5(F)F)CC4)cc3)C2)c1C(F)F. The molecular weight excluding hydrogens is 558 g/mol. The van der Waals surface area contributed by atoms with E-state index in [0.29, 0.717) is 43.3 Å². The molecule has 3 heterocycles. The van der Waals surface area contributed by atoms with E-state index in [9.17, 15) is 22.4 Å². The number of halogens is 5. The number of piperidine rings is 1. The van der Waals surface area contributed by atoms with Gasteiger partial charge in [-0.2, -0.15) is 5.10 Å². The monoisotopic (exact) mass is 589 g/mol. The van der Waals surface area contributed by atoms with Gasteiger partial charge in [0.25, 0.3) is 12.3 Å². The predicted octanol–water partition coefficient (Wildman–Crippen LogP) is 6.59. The van der Waals surface area contributed by atoms with E-state index in [1.807, 2.05) is 42.5 Å². The summed E-state index contributed by atoms with van der Waals surface area (Å²) in [5.74, 6) is -4.42. The number of carbonyl (C=O) groups excluding carboxylic acids is 1. The topological polar surface area (TPSA) is 44.6 Å². The number of alkyl halides is 4. The Morgan fingerprint density at radius 1 is 1.02 bits per heavy atom. The maximum absolute atomic E-state index is 13.8. The van der Waals surface area contributed by atoms with Crippen LogP contribution in [0.15, 0.2) is 48.7 Å². The van der Waals surface area contributed by atoms with E-state index in [1.165, 1.54) is 10.9 Å². The lowest BCUT2D eigenvalue weighted by atomic mass is 9.99. The van der Waals surface area contributed by atoms with E-state index >= 15 is 0 Å². The molecule has 41 heavy (non-hydrogen) atoms. The highest BCUT2D eigenvalue weighted by molar-refractivity contribution is 6.31. The van der Waals surface area contributed by atoms with Crippen LogP contribution in [0.3, 0.4) is 0 Å². The zero-order valence-electron chi connectivity index (χ0n) is 22.7. The Balaban J connectivity index is 1.17. The molecule has 0 spiro atoms. The quantitative estimate of drug-likeness (QED) is 0.304. The molecule has 1 aromatic heterocycles. The van der Waals surface area contributed by atoms with Crippen LogP contribution in [0.1, 0.15) is 43.0 Å². The highest BCUT2D eigenvalue weighted by Crippen LogP contribution is 2.49. The Morgan fingerprint density at radius 2 is 1.73 bits per heavy atom. The first-order valence-electron chi connectivity index (χ1n) is 14.0. The van der Waals surface area contributed by atoms with Crippen molar-refractivity contribution in [2.75, 3.05) is 49.1 Å². The molecule has 3 aliphatic rings. The van der Waals surface area contributed by atoms with Crippen LogP contribution in [0.5, 0.6) is 0 Å². The van der Waals surface area contributed by atoms with E-state index in [1.54, 1.807) is 11.8 Å². The van der Waals surface area contributed by atoms with Crippen molar-refractivity contribution in [3.8, 4) is 11.1 Å². The molecule has 2 unspecified atom stereocenters. The van der Waals surface area contributed by atoms with Gasteiger partial charge in [-0.1, -0.05) is 29.8 Å². The van der Waals surface area contributed by atoms with Gasteiger partial charge in [-0.15, -0.1) is 0 Å². The molecule has 1 saturated carbocycles. The van der Waals surface area contributed by atoms with E-state index in [0.717, 1.165) is 41.9 Å². The third kappa shape index (κ3) is 5.50. The number of aromatic nitrogens is 2. The maximum atomic E-state index is 13.8. The molecule has 2 saturated heterocycles. The largest absolute Gasteiger partial charge is 0.369 e. The molecule has 6 rings (SSSR count). The number of carbonyl (C=O) groups is 1. The molecule has 218 valence electrons. The minimum absolute atomic E-state index is 0.0190. The van der Waals surface area contributed by atoms with Gasteiger partial charge in [-0.05, 0) is 55.2 Å². The maximum Gasteiger partial charge on any atom is 0.280 e. The normalized spacial score (nSPS) is 22.4. The van der Waals surface area contributed by atoms with Gasteiger partial charge in [-0.25, -0.2) is 17.6 Å². The van der Waals surface area contributed by atoms with Crippen LogP contribution in [-0.4, -0.2) is 65.8 Å². The first kappa shape index (κ1) is 27.9. The smallest absolute Gasteiger partial charge is 0.280 e. The molecule has 0 bridgehead atoms. The average Bonchev–Trinajstić information content (AvgIpc) is 3.43. The highest BCUT2D eigenvalue weighted by atomic mass is 35.5. The summed E-state index contributed by atoms with van der Waals surface area (Å²) in [6.45, 7) is 5.00. The fourth-order valence-corrected chi connectivity index (χ4v) is 6.31. The zero-order valence-corrected chi connectivity index (χ0v) is 23.5. The first-order valence-corrected chi connectivity index (χ1v) is 14.4. The summed E-state index contributed by atoms with van der Waals surface area (Å²) in [5.41, 5.74) is 4.41. The van der Waals surface area contributed by atoms with Crippen molar-refractivity contribution < 1.29 is 22.4 Å². The van der Waals surface area contributed by atoms with E-state index in [2.05, 4.69) is 14.9 Å². The van der Waals surface area contributed by atoms with E-state index in [4.69, 9.17) is 11.6 Å². The van der Waals surface area contributed by atoms with Crippen LogP contribution >= 0.6 is 11.6 Å². The second-order valence-electron chi connectivity index (χ2n) is 11.2. The third-order valence-electron chi connectivity index (χ3n) is 8.54. The summed E-state index contributed by atoms with van der Waals surface area (Å²) >= 11 is 6.43. The van der Waals surface area contributed by atoms with Crippen LogP contribution in [0.25, 0.3) is 11.1 Å². The van der Waals surface area contributed by atoms with E-state index < -0.39 is 24.2 Å². The van der Waals surface area contributed by atoms with Gasteiger partial charge < -0.3 is 14.7 Å². The number of piperazine rings is 1. The fraction of sp³-hybridized carbons (Fsp3) is 0.467. The summed E-state index contributed by atoms with van der Waals surface area (Å²) in [7, 11) is 0. The van der Waals surface area contributed by atoms with Crippen molar-refractivity contribution in [2.45, 2.75) is 44.6 Å². The molecule has 1 aliphatic carbocycles. The molecule has 3 aromatic rings.